The molecule has 0 aliphatic heterocycles. The van der Waals surface area contributed by atoms with Crippen molar-refractivity contribution in [3.63, 3.8) is 0 Å². The third-order valence-electron chi connectivity index (χ3n) is 5.10. The van der Waals surface area contributed by atoms with E-state index >= 15 is 0 Å². The van der Waals surface area contributed by atoms with E-state index in [1.807, 2.05) is 0 Å². The van der Waals surface area contributed by atoms with Crippen LogP contribution in [0.4, 0.5) is 23.2 Å². The summed E-state index contributed by atoms with van der Waals surface area (Å²) in [5.41, 5.74) is -0.724. The molecular formula is C19H23F4N4O2+. The molecular weight excluding hydrogens is 392 g/mol. The van der Waals surface area contributed by atoms with Crippen LogP contribution in [0, 0.1) is 19.3 Å². The molecule has 0 aromatic carbocycles. The van der Waals surface area contributed by atoms with Crippen LogP contribution in [-0.4, -0.2) is 26.8 Å². The van der Waals surface area contributed by atoms with Crippen LogP contribution in [0.25, 0.3) is 0 Å². The van der Waals surface area contributed by atoms with Gasteiger partial charge in [0.15, 0.2) is 0 Å². The van der Waals surface area contributed by atoms with E-state index in [9.17, 15) is 27.6 Å². The van der Waals surface area contributed by atoms with Gasteiger partial charge in [-0.3, -0.25) is 14.7 Å². The van der Waals surface area contributed by atoms with Crippen LogP contribution in [0.3, 0.4) is 0 Å². The number of carbonyl (C=O) groups is 1. The summed E-state index contributed by atoms with van der Waals surface area (Å²) in [7, 11) is 0. The lowest BCUT2D eigenvalue weighted by atomic mass is 9.67. The third kappa shape index (κ3) is 4.20. The van der Waals surface area contributed by atoms with Gasteiger partial charge >= 0.3 is 0 Å². The van der Waals surface area contributed by atoms with E-state index in [0.717, 1.165) is 9.41 Å². The maximum atomic E-state index is 14.0. The van der Waals surface area contributed by atoms with Crippen molar-refractivity contribution in [2.75, 3.05) is 5.32 Å². The number of aryl methyl sites for hydroxylation is 1. The van der Waals surface area contributed by atoms with Crippen molar-refractivity contribution in [1.82, 2.24) is 9.78 Å². The Balaban J connectivity index is 1.96. The van der Waals surface area contributed by atoms with Crippen LogP contribution in [0.5, 0.6) is 0 Å². The molecule has 0 saturated heterocycles. The summed E-state index contributed by atoms with van der Waals surface area (Å²) in [5.74, 6) is -6.77. The SMILES string of the molecule is Cc1c(C(C)(F)F)nn(CC2(C)CC(F)(F)C2)c1C(=O)Nc1cc[n+](O)c(C)c1. The molecule has 2 N–H and O–H groups in total. The number of rotatable bonds is 5. The fourth-order valence-electron chi connectivity index (χ4n) is 3.92. The number of amides is 1. The maximum Gasteiger partial charge on any atom is 0.289 e. The van der Waals surface area contributed by atoms with Crippen LogP contribution >= 0.6 is 0 Å². The molecule has 6 nitrogen and oxygen atoms in total. The van der Waals surface area contributed by atoms with Gasteiger partial charge in [-0.2, -0.15) is 13.9 Å². The predicted molar refractivity (Wildman–Crippen MR) is 95.3 cm³/mol. The number of halogens is 4. The number of hydrogen-bond donors (Lipinski definition) is 2. The second-order valence-electron chi connectivity index (χ2n) is 8.24. The Labute approximate surface area is 165 Å². The Morgan fingerprint density at radius 2 is 2.00 bits per heavy atom. The molecule has 2 aromatic rings. The molecule has 29 heavy (non-hydrogen) atoms. The van der Waals surface area contributed by atoms with E-state index in [-0.39, 0.29) is 17.8 Å². The van der Waals surface area contributed by atoms with Gasteiger partial charge in [-0.05, 0) is 12.3 Å². The van der Waals surface area contributed by atoms with Gasteiger partial charge in [0.2, 0.25) is 17.8 Å². The van der Waals surface area contributed by atoms with Gasteiger partial charge in [0.1, 0.15) is 11.4 Å². The van der Waals surface area contributed by atoms with Gasteiger partial charge in [0, 0.05) is 55.7 Å². The van der Waals surface area contributed by atoms with Crippen molar-refractivity contribution in [1.29, 1.82) is 0 Å². The molecule has 0 spiro atoms. The fraction of sp³-hybridized carbons (Fsp3) is 0.526. The zero-order valence-corrected chi connectivity index (χ0v) is 16.6. The number of aromatic nitrogens is 3. The molecule has 2 aromatic heterocycles. The lowest BCUT2D eigenvalue weighted by molar-refractivity contribution is -0.908. The molecule has 10 heteroatoms. The number of anilines is 1. The quantitative estimate of drug-likeness (QED) is 0.443. The largest absolute Gasteiger partial charge is 0.320 e. The molecule has 0 radical (unpaired) electrons. The number of nitrogens with one attached hydrogen (secondary N) is 1. The van der Waals surface area contributed by atoms with Crippen molar-refractivity contribution >= 4 is 11.6 Å². The highest BCUT2D eigenvalue weighted by molar-refractivity contribution is 6.04. The minimum Gasteiger partial charge on any atom is -0.320 e. The Kier molecular flexibility index (Phi) is 4.87. The molecule has 158 valence electrons. The molecule has 0 bridgehead atoms. The lowest BCUT2D eigenvalue weighted by Crippen LogP contribution is -2.47. The summed E-state index contributed by atoms with van der Waals surface area (Å²) < 4.78 is 56.7. The average molecular weight is 415 g/mol. The summed E-state index contributed by atoms with van der Waals surface area (Å²) in [6.07, 6.45) is 0.524. The van der Waals surface area contributed by atoms with Crippen molar-refractivity contribution in [3.05, 3.63) is 41.0 Å². The minimum atomic E-state index is -3.29. The predicted octanol–water partition coefficient (Wildman–Crippen LogP) is 3.82. The Bertz CT molecular complexity index is 958. The summed E-state index contributed by atoms with van der Waals surface area (Å²) in [5, 5.41) is 16.0. The smallest absolute Gasteiger partial charge is 0.289 e. The third-order valence-corrected chi connectivity index (χ3v) is 5.10. The fourth-order valence-corrected chi connectivity index (χ4v) is 3.92. The standard InChI is InChI=1S/C19H22F4N4O2/c1-11-7-13(5-6-27(11)29)24-16(28)14-12(2)15(18(4,20)21)25-26(14)10-17(3)8-19(22,23)9-17/h5-7,29H,8-10H2,1-4H3/p+1. The molecule has 1 aliphatic carbocycles. The van der Waals surface area contributed by atoms with Gasteiger partial charge in [-0.25, -0.2) is 8.78 Å². The molecule has 0 atom stereocenters. The second kappa shape index (κ2) is 6.70. The van der Waals surface area contributed by atoms with Gasteiger partial charge in [-0.1, -0.05) is 6.92 Å². The molecule has 3 rings (SSSR count). The Morgan fingerprint density at radius 3 is 2.52 bits per heavy atom. The van der Waals surface area contributed by atoms with Crippen LogP contribution in [0.15, 0.2) is 18.3 Å². The van der Waals surface area contributed by atoms with E-state index in [0.29, 0.717) is 18.3 Å². The molecule has 1 fully saturated rings. The summed E-state index contributed by atoms with van der Waals surface area (Å²) in [6, 6.07) is 2.93. The van der Waals surface area contributed by atoms with E-state index in [1.165, 1.54) is 25.3 Å². The summed E-state index contributed by atoms with van der Waals surface area (Å²) >= 11 is 0. The molecule has 0 unspecified atom stereocenters. The average Bonchev–Trinajstić information content (AvgIpc) is 2.85. The zero-order chi connectivity index (χ0) is 21.8. The van der Waals surface area contributed by atoms with Crippen molar-refractivity contribution in [2.24, 2.45) is 5.41 Å². The Morgan fingerprint density at radius 1 is 1.38 bits per heavy atom. The second-order valence-corrected chi connectivity index (χ2v) is 8.24. The highest BCUT2D eigenvalue weighted by Crippen LogP contribution is 2.52. The van der Waals surface area contributed by atoms with Crippen LogP contribution < -0.4 is 10.0 Å². The number of carbonyl (C=O) groups excluding carboxylic acids is 1. The maximum absolute atomic E-state index is 14.0. The number of alkyl halides is 4. The van der Waals surface area contributed by atoms with Crippen LogP contribution in [-0.2, 0) is 12.5 Å². The zero-order valence-electron chi connectivity index (χ0n) is 16.6. The first-order valence-corrected chi connectivity index (χ1v) is 9.07. The van der Waals surface area contributed by atoms with Crippen LogP contribution in [0.2, 0.25) is 0 Å². The molecule has 1 aliphatic rings. The lowest BCUT2D eigenvalue weighted by Gasteiger charge is -2.44. The molecule has 1 amide bonds. The number of hydrogen-bond acceptors (Lipinski definition) is 3. The van der Waals surface area contributed by atoms with E-state index in [1.54, 1.807) is 13.8 Å². The number of nitrogens with zero attached hydrogens (tertiary/aromatic N) is 3. The van der Waals surface area contributed by atoms with Gasteiger partial charge in [0.25, 0.3) is 11.8 Å². The topological polar surface area (TPSA) is 71.0 Å². The van der Waals surface area contributed by atoms with Gasteiger partial charge in [-0.15, -0.1) is 0 Å². The van der Waals surface area contributed by atoms with Crippen molar-refractivity contribution < 1.29 is 32.3 Å². The molecule has 1 saturated carbocycles. The summed E-state index contributed by atoms with van der Waals surface area (Å²) in [4.78, 5) is 12.9. The van der Waals surface area contributed by atoms with Crippen molar-refractivity contribution in [2.45, 2.75) is 58.9 Å². The highest BCUT2D eigenvalue weighted by atomic mass is 19.3. The minimum absolute atomic E-state index is 0.00504. The van der Waals surface area contributed by atoms with E-state index in [4.69, 9.17) is 0 Å². The Hall–Kier alpha value is -2.65. The van der Waals surface area contributed by atoms with E-state index in [2.05, 4.69) is 10.4 Å². The first-order chi connectivity index (χ1) is 13.2. The highest BCUT2D eigenvalue weighted by Gasteiger charge is 2.54. The normalized spacial score (nSPS) is 17.7. The monoisotopic (exact) mass is 415 g/mol. The van der Waals surface area contributed by atoms with Crippen LogP contribution in [0.1, 0.15) is 54.1 Å². The first-order valence-electron chi connectivity index (χ1n) is 9.07. The number of pyridine rings is 1. The van der Waals surface area contributed by atoms with E-state index < -0.39 is 41.7 Å². The first kappa shape index (κ1) is 21.1. The van der Waals surface area contributed by atoms with Crippen molar-refractivity contribution in [3.8, 4) is 0 Å². The van der Waals surface area contributed by atoms with Gasteiger partial charge in [0.05, 0.1) is 5.69 Å². The van der Waals surface area contributed by atoms with Gasteiger partial charge < -0.3 is 5.32 Å². The summed E-state index contributed by atoms with van der Waals surface area (Å²) in [6.45, 7) is 5.19. The molecule has 2 heterocycles.